The first-order chi connectivity index (χ1) is 7.86. The lowest BCUT2D eigenvalue weighted by Gasteiger charge is -2.15. The summed E-state index contributed by atoms with van der Waals surface area (Å²) in [7, 11) is 0. The molecule has 0 amide bonds. The molecule has 0 bridgehead atoms. The van der Waals surface area contributed by atoms with E-state index in [0.717, 1.165) is 19.5 Å². The van der Waals surface area contributed by atoms with Gasteiger partial charge < -0.3 is 10.1 Å². The molecule has 0 radical (unpaired) electrons. The molecule has 1 aromatic carbocycles. The minimum absolute atomic E-state index is 0.269. The Bertz CT molecular complexity index is 321. The third-order valence-corrected chi connectivity index (χ3v) is 3.01. The summed E-state index contributed by atoms with van der Waals surface area (Å²) < 4.78 is 18.8. The van der Waals surface area contributed by atoms with Crippen molar-refractivity contribution in [1.82, 2.24) is 5.32 Å². The molecule has 0 aromatic heterocycles. The molecule has 0 saturated carbocycles. The molecule has 1 aliphatic rings. The molecule has 1 atom stereocenters. The molecular weight excluding hydrogens is 205 g/mol. The fourth-order valence-electron chi connectivity index (χ4n) is 2.03. The fraction of sp³-hybridized carbons (Fsp3) is 0.538. The third kappa shape index (κ3) is 3.20. The van der Waals surface area contributed by atoms with Gasteiger partial charge in [0.1, 0.15) is 0 Å². The van der Waals surface area contributed by atoms with Crippen molar-refractivity contribution in [3.05, 3.63) is 30.1 Å². The number of nitrogens with one attached hydrogen (secondary N) is 1. The zero-order chi connectivity index (χ0) is 11.2. The van der Waals surface area contributed by atoms with Gasteiger partial charge in [0.15, 0.2) is 11.6 Å². The maximum atomic E-state index is 13.3. The van der Waals surface area contributed by atoms with Gasteiger partial charge in [-0.05, 0) is 50.4 Å². The normalized spacial score (nSPS) is 21.4. The summed E-state index contributed by atoms with van der Waals surface area (Å²) in [5.74, 6) is 0.656. The van der Waals surface area contributed by atoms with E-state index in [2.05, 4.69) is 5.32 Å². The second-order valence-electron chi connectivity index (χ2n) is 4.29. The van der Waals surface area contributed by atoms with E-state index in [1.807, 2.05) is 0 Å². The molecular formula is C13H18FNO. The van der Waals surface area contributed by atoms with E-state index in [0.29, 0.717) is 18.3 Å². The van der Waals surface area contributed by atoms with Crippen LogP contribution in [0.15, 0.2) is 24.3 Å². The van der Waals surface area contributed by atoms with Crippen molar-refractivity contribution in [2.24, 2.45) is 5.92 Å². The van der Waals surface area contributed by atoms with Crippen LogP contribution in [0.5, 0.6) is 5.75 Å². The predicted molar refractivity (Wildman–Crippen MR) is 62.1 cm³/mol. The summed E-state index contributed by atoms with van der Waals surface area (Å²) in [5.41, 5.74) is 0. The summed E-state index contributed by atoms with van der Waals surface area (Å²) in [4.78, 5) is 0. The Kier molecular flexibility index (Phi) is 4.17. The Morgan fingerprint density at radius 3 is 3.00 bits per heavy atom. The molecule has 1 saturated heterocycles. The first kappa shape index (κ1) is 11.4. The quantitative estimate of drug-likeness (QED) is 0.850. The largest absolute Gasteiger partial charge is 0.490 e. The lowest BCUT2D eigenvalue weighted by Crippen LogP contribution is -2.16. The number of hydrogen-bond donors (Lipinski definition) is 1. The van der Waals surface area contributed by atoms with Crippen LogP contribution in [0, 0.1) is 11.7 Å². The van der Waals surface area contributed by atoms with Crippen LogP contribution in [-0.4, -0.2) is 19.7 Å². The molecule has 1 aliphatic heterocycles. The lowest BCUT2D eigenvalue weighted by atomic mass is 10.0. The number of ether oxygens (including phenoxy) is 1. The number of rotatable bonds is 3. The number of halogens is 1. The standard InChI is InChI=1S/C13H18FNO/c14-12-5-1-2-6-13(12)16-10-11-4-3-8-15-9-7-11/h1-2,5-6,11,15H,3-4,7-10H2. The van der Waals surface area contributed by atoms with Crippen LogP contribution in [0.1, 0.15) is 19.3 Å². The van der Waals surface area contributed by atoms with Gasteiger partial charge in [-0.2, -0.15) is 0 Å². The van der Waals surface area contributed by atoms with E-state index in [-0.39, 0.29) is 5.82 Å². The van der Waals surface area contributed by atoms with E-state index < -0.39 is 0 Å². The van der Waals surface area contributed by atoms with Gasteiger partial charge in [0.05, 0.1) is 6.61 Å². The van der Waals surface area contributed by atoms with Gasteiger partial charge in [-0.25, -0.2) is 4.39 Å². The SMILES string of the molecule is Fc1ccccc1OCC1CCCNCC1. The number of hydrogen-bond acceptors (Lipinski definition) is 2. The van der Waals surface area contributed by atoms with Crippen LogP contribution < -0.4 is 10.1 Å². The summed E-state index contributed by atoms with van der Waals surface area (Å²) in [6, 6.07) is 6.60. The van der Waals surface area contributed by atoms with Gasteiger partial charge in [-0.15, -0.1) is 0 Å². The third-order valence-electron chi connectivity index (χ3n) is 3.01. The average Bonchev–Trinajstić information content (AvgIpc) is 2.56. The highest BCUT2D eigenvalue weighted by atomic mass is 19.1. The molecule has 16 heavy (non-hydrogen) atoms. The smallest absolute Gasteiger partial charge is 0.165 e. The lowest BCUT2D eigenvalue weighted by molar-refractivity contribution is 0.228. The van der Waals surface area contributed by atoms with Crippen molar-refractivity contribution in [3.8, 4) is 5.75 Å². The zero-order valence-corrected chi connectivity index (χ0v) is 9.42. The molecule has 2 rings (SSSR count). The first-order valence-corrected chi connectivity index (χ1v) is 5.94. The molecule has 1 fully saturated rings. The molecule has 0 aliphatic carbocycles. The van der Waals surface area contributed by atoms with Crippen molar-refractivity contribution in [2.45, 2.75) is 19.3 Å². The fourth-order valence-corrected chi connectivity index (χ4v) is 2.03. The molecule has 0 spiro atoms. The Morgan fingerprint density at radius 2 is 2.12 bits per heavy atom. The number of para-hydroxylation sites is 1. The van der Waals surface area contributed by atoms with Crippen molar-refractivity contribution < 1.29 is 9.13 Å². The molecule has 1 heterocycles. The van der Waals surface area contributed by atoms with Crippen LogP contribution in [0.2, 0.25) is 0 Å². The molecule has 88 valence electrons. The minimum atomic E-state index is -0.269. The van der Waals surface area contributed by atoms with Crippen LogP contribution in [-0.2, 0) is 0 Å². The maximum Gasteiger partial charge on any atom is 0.165 e. The van der Waals surface area contributed by atoms with Crippen LogP contribution in [0.4, 0.5) is 4.39 Å². The first-order valence-electron chi connectivity index (χ1n) is 5.94. The van der Waals surface area contributed by atoms with E-state index in [1.54, 1.807) is 18.2 Å². The second kappa shape index (κ2) is 5.85. The van der Waals surface area contributed by atoms with Crippen LogP contribution in [0.3, 0.4) is 0 Å². The van der Waals surface area contributed by atoms with Crippen LogP contribution in [0.25, 0.3) is 0 Å². The van der Waals surface area contributed by atoms with Gasteiger partial charge in [-0.3, -0.25) is 0 Å². The van der Waals surface area contributed by atoms with Gasteiger partial charge in [0.25, 0.3) is 0 Å². The monoisotopic (exact) mass is 223 g/mol. The molecule has 1 aromatic rings. The van der Waals surface area contributed by atoms with Gasteiger partial charge in [-0.1, -0.05) is 12.1 Å². The van der Waals surface area contributed by atoms with Gasteiger partial charge in [0.2, 0.25) is 0 Å². The molecule has 1 N–H and O–H groups in total. The van der Waals surface area contributed by atoms with Gasteiger partial charge in [0, 0.05) is 0 Å². The summed E-state index contributed by atoms with van der Waals surface area (Å²) >= 11 is 0. The molecule has 1 unspecified atom stereocenters. The molecule has 2 nitrogen and oxygen atoms in total. The Balaban J connectivity index is 1.84. The average molecular weight is 223 g/mol. The van der Waals surface area contributed by atoms with Gasteiger partial charge >= 0.3 is 0 Å². The Labute approximate surface area is 95.8 Å². The van der Waals surface area contributed by atoms with Crippen LogP contribution >= 0.6 is 0 Å². The Morgan fingerprint density at radius 1 is 1.25 bits per heavy atom. The zero-order valence-electron chi connectivity index (χ0n) is 9.42. The van der Waals surface area contributed by atoms with E-state index in [9.17, 15) is 4.39 Å². The topological polar surface area (TPSA) is 21.3 Å². The second-order valence-corrected chi connectivity index (χ2v) is 4.29. The highest BCUT2D eigenvalue weighted by Gasteiger charge is 2.13. The predicted octanol–water partition coefficient (Wildman–Crippen LogP) is 2.59. The Hall–Kier alpha value is -1.09. The summed E-state index contributed by atoms with van der Waals surface area (Å²) in [6.07, 6.45) is 3.47. The minimum Gasteiger partial charge on any atom is -0.490 e. The highest BCUT2D eigenvalue weighted by molar-refractivity contribution is 5.23. The van der Waals surface area contributed by atoms with E-state index in [4.69, 9.17) is 4.74 Å². The molecule has 3 heteroatoms. The highest BCUT2D eigenvalue weighted by Crippen LogP contribution is 2.19. The van der Waals surface area contributed by atoms with Crippen molar-refractivity contribution in [2.75, 3.05) is 19.7 Å². The van der Waals surface area contributed by atoms with Crippen molar-refractivity contribution in [3.63, 3.8) is 0 Å². The van der Waals surface area contributed by atoms with Crippen molar-refractivity contribution in [1.29, 1.82) is 0 Å². The van der Waals surface area contributed by atoms with Crippen molar-refractivity contribution >= 4 is 0 Å². The van der Waals surface area contributed by atoms with E-state index >= 15 is 0 Å². The number of benzene rings is 1. The van der Waals surface area contributed by atoms with E-state index in [1.165, 1.54) is 18.9 Å². The summed E-state index contributed by atoms with van der Waals surface area (Å²) in [5, 5.41) is 3.36. The summed E-state index contributed by atoms with van der Waals surface area (Å²) in [6.45, 7) is 2.77. The maximum absolute atomic E-state index is 13.3.